The van der Waals surface area contributed by atoms with E-state index >= 15 is 0 Å². The van der Waals surface area contributed by atoms with Crippen molar-refractivity contribution in [3.05, 3.63) is 59.2 Å². The minimum atomic E-state index is -1.03. The van der Waals surface area contributed by atoms with Crippen LogP contribution in [0.5, 0.6) is 0 Å². The van der Waals surface area contributed by atoms with Gasteiger partial charge in [-0.2, -0.15) is 0 Å². The van der Waals surface area contributed by atoms with Crippen LogP contribution in [0.25, 0.3) is 0 Å². The highest BCUT2D eigenvalue weighted by Gasteiger charge is 2.23. The van der Waals surface area contributed by atoms with Crippen molar-refractivity contribution >= 4 is 17.3 Å². The highest BCUT2D eigenvalue weighted by atomic mass is 19.1. The molecule has 1 amide bonds. The minimum Gasteiger partial charge on any atom is -0.396 e. The lowest BCUT2D eigenvalue weighted by atomic mass is 10.1. The number of carbonyl (C=O) groups is 1. The number of nitrogens with two attached hydrogens (primary N) is 1. The van der Waals surface area contributed by atoms with Crippen molar-refractivity contribution in [2.24, 2.45) is 0 Å². The molecule has 0 atom stereocenters. The van der Waals surface area contributed by atoms with Crippen LogP contribution in [-0.2, 0) is 0 Å². The summed E-state index contributed by atoms with van der Waals surface area (Å²) >= 11 is 0. The zero-order chi connectivity index (χ0) is 14.9. The number of nitrogen functional groups attached to an aromatic ring is 1. The van der Waals surface area contributed by atoms with E-state index in [0.29, 0.717) is 5.69 Å². The number of amides is 1. The van der Waals surface area contributed by atoms with Crippen molar-refractivity contribution in [1.82, 2.24) is 0 Å². The van der Waals surface area contributed by atoms with E-state index in [2.05, 4.69) is 0 Å². The summed E-state index contributed by atoms with van der Waals surface area (Å²) in [6.07, 6.45) is 0. The number of aryl methyl sites for hydroxylation is 1. The molecule has 20 heavy (non-hydrogen) atoms. The fourth-order valence-corrected chi connectivity index (χ4v) is 1.82. The van der Waals surface area contributed by atoms with E-state index in [4.69, 9.17) is 5.73 Å². The summed E-state index contributed by atoms with van der Waals surface area (Å²) in [7, 11) is 1.45. The van der Waals surface area contributed by atoms with E-state index in [0.717, 1.165) is 17.7 Å². The van der Waals surface area contributed by atoms with Crippen LogP contribution in [0.2, 0.25) is 0 Å². The maximum atomic E-state index is 13.8. The molecule has 5 heteroatoms. The van der Waals surface area contributed by atoms with Gasteiger partial charge in [0.1, 0.15) is 11.4 Å². The summed E-state index contributed by atoms with van der Waals surface area (Å²) in [5.74, 6) is -2.74. The predicted octanol–water partition coefficient (Wildman–Crippen LogP) is 3.13. The monoisotopic (exact) mass is 276 g/mol. The van der Waals surface area contributed by atoms with Gasteiger partial charge in [0.25, 0.3) is 5.91 Å². The summed E-state index contributed by atoms with van der Waals surface area (Å²) in [6.45, 7) is 1.91. The molecule has 0 bridgehead atoms. The van der Waals surface area contributed by atoms with E-state index in [1.165, 1.54) is 11.9 Å². The first kappa shape index (κ1) is 14.0. The molecular weight excluding hydrogens is 262 g/mol. The van der Waals surface area contributed by atoms with Crippen LogP contribution >= 0.6 is 0 Å². The molecule has 2 rings (SSSR count). The molecule has 3 nitrogen and oxygen atoms in total. The molecule has 0 aliphatic rings. The van der Waals surface area contributed by atoms with E-state index in [1.54, 1.807) is 12.1 Å². The molecule has 104 valence electrons. The van der Waals surface area contributed by atoms with Crippen LogP contribution in [0.3, 0.4) is 0 Å². The topological polar surface area (TPSA) is 46.3 Å². The number of hydrogen-bond donors (Lipinski definition) is 1. The molecule has 0 fully saturated rings. The van der Waals surface area contributed by atoms with Gasteiger partial charge in [0, 0.05) is 12.7 Å². The Bertz CT molecular complexity index is 654. The highest BCUT2D eigenvalue weighted by Crippen LogP contribution is 2.22. The number of nitrogens with zero attached hydrogens (tertiary/aromatic N) is 1. The number of anilines is 2. The van der Waals surface area contributed by atoms with Gasteiger partial charge in [-0.25, -0.2) is 8.78 Å². The number of benzene rings is 2. The van der Waals surface area contributed by atoms with Crippen LogP contribution in [0, 0.1) is 18.6 Å². The Kier molecular flexibility index (Phi) is 3.70. The Morgan fingerprint density at radius 2 is 1.70 bits per heavy atom. The highest BCUT2D eigenvalue weighted by molar-refractivity contribution is 6.06. The van der Waals surface area contributed by atoms with Crippen molar-refractivity contribution in [3.8, 4) is 0 Å². The molecule has 0 aliphatic carbocycles. The van der Waals surface area contributed by atoms with Crippen LogP contribution in [0.15, 0.2) is 36.4 Å². The minimum absolute atomic E-state index is 0.257. The normalized spacial score (nSPS) is 10.4. The SMILES string of the molecule is Cc1ccc(N(C)C(=O)c2c(F)ccc(N)c2F)cc1. The van der Waals surface area contributed by atoms with E-state index in [1.807, 2.05) is 19.1 Å². The van der Waals surface area contributed by atoms with Crippen molar-refractivity contribution in [1.29, 1.82) is 0 Å². The lowest BCUT2D eigenvalue weighted by Gasteiger charge is -2.18. The van der Waals surface area contributed by atoms with Gasteiger partial charge in [-0.3, -0.25) is 4.79 Å². The second kappa shape index (κ2) is 5.28. The van der Waals surface area contributed by atoms with Gasteiger partial charge in [-0.1, -0.05) is 17.7 Å². The van der Waals surface area contributed by atoms with Crippen LogP contribution in [0.1, 0.15) is 15.9 Å². The lowest BCUT2D eigenvalue weighted by molar-refractivity contribution is 0.0985. The van der Waals surface area contributed by atoms with Gasteiger partial charge in [-0.15, -0.1) is 0 Å². The van der Waals surface area contributed by atoms with Crippen molar-refractivity contribution in [3.63, 3.8) is 0 Å². The zero-order valence-electron chi connectivity index (χ0n) is 11.2. The molecule has 0 saturated carbocycles. The van der Waals surface area contributed by atoms with Crippen molar-refractivity contribution < 1.29 is 13.6 Å². The first-order valence-corrected chi connectivity index (χ1v) is 6.00. The summed E-state index contributed by atoms with van der Waals surface area (Å²) in [6, 6.07) is 9.10. The van der Waals surface area contributed by atoms with E-state index in [9.17, 15) is 13.6 Å². The molecule has 0 saturated heterocycles. The standard InChI is InChI=1S/C15H14F2N2O/c1-9-3-5-10(6-4-9)19(2)15(20)13-11(16)7-8-12(18)14(13)17/h3-8H,18H2,1-2H3. The fraction of sp³-hybridized carbons (Fsp3) is 0.133. The van der Waals surface area contributed by atoms with Gasteiger partial charge >= 0.3 is 0 Å². The maximum Gasteiger partial charge on any atom is 0.264 e. The predicted molar refractivity (Wildman–Crippen MR) is 74.7 cm³/mol. The number of carbonyl (C=O) groups excluding carboxylic acids is 1. The third-order valence-electron chi connectivity index (χ3n) is 3.06. The largest absolute Gasteiger partial charge is 0.396 e. The number of rotatable bonds is 2. The van der Waals surface area contributed by atoms with E-state index in [-0.39, 0.29) is 5.69 Å². The lowest BCUT2D eigenvalue weighted by Crippen LogP contribution is -2.28. The third kappa shape index (κ3) is 2.47. The van der Waals surface area contributed by atoms with E-state index < -0.39 is 23.1 Å². The van der Waals surface area contributed by atoms with Gasteiger partial charge in [0.05, 0.1) is 5.69 Å². The Morgan fingerprint density at radius 3 is 2.30 bits per heavy atom. The Balaban J connectivity index is 2.41. The second-order valence-electron chi connectivity index (χ2n) is 4.53. The molecule has 2 aromatic rings. The average Bonchev–Trinajstić information content (AvgIpc) is 2.43. The second-order valence-corrected chi connectivity index (χ2v) is 4.53. The first-order chi connectivity index (χ1) is 9.41. The zero-order valence-corrected chi connectivity index (χ0v) is 11.2. The summed E-state index contributed by atoms with van der Waals surface area (Å²) in [5, 5.41) is 0. The molecule has 0 unspecified atom stereocenters. The molecule has 0 spiro atoms. The molecule has 0 radical (unpaired) electrons. The molecule has 0 aromatic heterocycles. The van der Waals surface area contributed by atoms with Crippen molar-refractivity contribution in [2.75, 3.05) is 17.7 Å². The Labute approximate surface area is 115 Å². The molecule has 2 aromatic carbocycles. The average molecular weight is 276 g/mol. The van der Waals surface area contributed by atoms with Gasteiger partial charge in [0.15, 0.2) is 5.82 Å². The van der Waals surface area contributed by atoms with Crippen LogP contribution in [0.4, 0.5) is 20.2 Å². The Hall–Kier alpha value is -2.43. The van der Waals surface area contributed by atoms with Gasteiger partial charge in [-0.05, 0) is 31.2 Å². The summed E-state index contributed by atoms with van der Waals surface area (Å²) < 4.78 is 27.5. The third-order valence-corrected chi connectivity index (χ3v) is 3.06. The first-order valence-electron chi connectivity index (χ1n) is 6.00. The summed E-state index contributed by atoms with van der Waals surface area (Å²) in [4.78, 5) is 13.4. The Morgan fingerprint density at radius 1 is 1.10 bits per heavy atom. The van der Waals surface area contributed by atoms with Gasteiger partial charge < -0.3 is 10.6 Å². The molecule has 0 aliphatic heterocycles. The fourth-order valence-electron chi connectivity index (χ4n) is 1.82. The molecule has 0 heterocycles. The maximum absolute atomic E-state index is 13.8. The molecule has 2 N–H and O–H groups in total. The molecular formula is C15H14F2N2O. The van der Waals surface area contributed by atoms with Crippen molar-refractivity contribution in [2.45, 2.75) is 6.92 Å². The smallest absolute Gasteiger partial charge is 0.264 e. The van der Waals surface area contributed by atoms with Gasteiger partial charge in [0.2, 0.25) is 0 Å². The number of hydrogen-bond acceptors (Lipinski definition) is 2. The quantitative estimate of drug-likeness (QED) is 0.856. The summed E-state index contributed by atoms with van der Waals surface area (Å²) in [5.41, 5.74) is 6.04. The van der Waals surface area contributed by atoms with Crippen LogP contribution < -0.4 is 10.6 Å². The number of halogens is 2. The van der Waals surface area contributed by atoms with Crippen LogP contribution in [-0.4, -0.2) is 13.0 Å².